The minimum Gasteiger partial charge on any atom is -0.465 e. The number of rotatable bonds is 6. The highest BCUT2D eigenvalue weighted by Gasteiger charge is 2.15. The first kappa shape index (κ1) is 13.9. The fourth-order valence-electron chi connectivity index (χ4n) is 0.892. The monoisotopic (exact) mass is 217 g/mol. The van der Waals surface area contributed by atoms with Gasteiger partial charge in [0.05, 0.1) is 19.3 Å². The second-order valence-corrected chi connectivity index (χ2v) is 3.39. The molecule has 0 aliphatic rings. The molecule has 0 fully saturated rings. The van der Waals surface area contributed by atoms with Crippen molar-refractivity contribution in [3.05, 3.63) is 0 Å². The summed E-state index contributed by atoms with van der Waals surface area (Å²) >= 11 is 0. The largest absolute Gasteiger partial charge is 0.465 e. The molecule has 0 spiro atoms. The highest BCUT2D eigenvalue weighted by Crippen LogP contribution is 1.90. The van der Waals surface area contributed by atoms with Crippen molar-refractivity contribution in [3.63, 3.8) is 0 Å². The van der Waals surface area contributed by atoms with Crippen molar-refractivity contribution < 1.29 is 19.1 Å². The molecule has 0 aromatic rings. The number of hydrogen-bond acceptors (Lipinski definition) is 5. The minimum absolute atomic E-state index is 0.0121. The fraction of sp³-hybridized carbons (Fsp3) is 0.800. The van der Waals surface area contributed by atoms with Crippen LogP contribution in [0.25, 0.3) is 0 Å². The first-order valence-corrected chi connectivity index (χ1v) is 5.06. The number of ether oxygens (including phenoxy) is 2. The zero-order valence-corrected chi connectivity index (χ0v) is 9.70. The van der Waals surface area contributed by atoms with E-state index in [1.807, 2.05) is 0 Å². The molecule has 1 unspecified atom stereocenters. The normalized spacial score (nSPS) is 12.3. The van der Waals surface area contributed by atoms with E-state index in [9.17, 15) is 9.59 Å². The lowest BCUT2D eigenvalue weighted by atomic mass is 10.3. The third-order valence-electron chi connectivity index (χ3n) is 1.56. The number of nitrogens with one attached hydrogen (secondary N) is 1. The molecule has 0 aliphatic carbocycles. The number of esters is 2. The van der Waals surface area contributed by atoms with Gasteiger partial charge in [0, 0.05) is 0 Å². The van der Waals surface area contributed by atoms with Crippen LogP contribution in [-0.4, -0.2) is 37.2 Å². The average Bonchev–Trinajstić information content (AvgIpc) is 2.13. The van der Waals surface area contributed by atoms with E-state index in [0.29, 0.717) is 6.61 Å². The van der Waals surface area contributed by atoms with Crippen molar-refractivity contribution in [2.24, 2.45) is 0 Å². The fourth-order valence-corrected chi connectivity index (χ4v) is 0.892. The van der Waals surface area contributed by atoms with Gasteiger partial charge in [-0.25, -0.2) is 0 Å². The van der Waals surface area contributed by atoms with Crippen LogP contribution in [-0.2, 0) is 19.1 Å². The predicted molar refractivity (Wildman–Crippen MR) is 55.3 cm³/mol. The van der Waals surface area contributed by atoms with Crippen molar-refractivity contribution in [1.82, 2.24) is 5.32 Å². The van der Waals surface area contributed by atoms with Crippen LogP contribution in [0.4, 0.5) is 0 Å². The van der Waals surface area contributed by atoms with Crippen molar-refractivity contribution in [3.8, 4) is 0 Å². The van der Waals surface area contributed by atoms with Crippen molar-refractivity contribution >= 4 is 11.9 Å². The summed E-state index contributed by atoms with van der Waals surface area (Å²) in [4.78, 5) is 22.2. The maximum absolute atomic E-state index is 11.1. The summed E-state index contributed by atoms with van der Waals surface area (Å²) in [6.45, 7) is 7.26. The molecule has 88 valence electrons. The zero-order valence-electron chi connectivity index (χ0n) is 9.70. The van der Waals surface area contributed by atoms with Crippen molar-refractivity contribution in [1.29, 1.82) is 0 Å². The molecule has 0 bridgehead atoms. The molecule has 5 heteroatoms. The smallest absolute Gasteiger partial charge is 0.322 e. The summed E-state index contributed by atoms with van der Waals surface area (Å²) in [5, 5.41) is 2.72. The Morgan fingerprint density at radius 2 is 1.87 bits per heavy atom. The maximum atomic E-state index is 11.1. The van der Waals surface area contributed by atoms with E-state index in [4.69, 9.17) is 9.47 Å². The number of carbonyl (C=O) groups is 2. The van der Waals surface area contributed by atoms with Gasteiger partial charge in [0.2, 0.25) is 0 Å². The SMILES string of the molecule is CCOC(=O)C(C)NCC(=O)OC(C)C. The molecule has 0 aromatic heterocycles. The topological polar surface area (TPSA) is 64.6 Å². The Bertz CT molecular complexity index is 215. The molecule has 0 rings (SSSR count). The summed E-state index contributed by atoms with van der Waals surface area (Å²) in [6.07, 6.45) is -0.141. The average molecular weight is 217 g/mol. The number of carbonyl (C=O) groups excluding carboxylic acids is 2. The van der Waals surface area contributed by atoms with Gasteiger partial charge in [-0.2, -0.15) is 0 Å². The Labute approximate surface area is 90.1 Å². The van der Waals surface area contributed by atoms with Gasteiger partial charge >= 0.3 is 11.9 Å². The van der Waals surface area contributed by atoms with E-state index < -0.39 is 6.04 Å². The van der Waals surface area contributed by atoms with Gasteiger partial charge in [-0.15, -0.1) is 0 Å². The van der Waals surface area contributed by atoms with E-state index >= 15 is 0 Å². The Balaban J connectivity index is 3.75. The Morgan fingerprint density at radius 3 is 2.33 bits per heavy atom. The van der Waals surface area contributed by atoms with Crippen LogP contribution in [0.5, 0.6) is 0 Å². The van der Waals surface area contributed by atoms with Crippen molar-refractivity contribution in [2.75, 3.05) is 13.2 Å². The van der Waals surface area contributed by atoms with Crippen LogP contribution in [0.15, 0.2) is 0 Å². The molecular formula is C10H19NO4. The summed E-state index contributed by atoms with van der Waals surface area (Å²) in [6, 6.07) is -0.496. The second-order valence-electron chi connectivity index (χ2n) is 3.39. The molecule has 5 nitrogen and oxygen atoms in total. The summed E-state index contributed by atoms with van der Waals surface area (Å²) in [7, 11) is 0. The number of hydrogen-bond donors (Lipinski definition) is 1. The van der Waals surface area contributed by atoms with Gasteiger partial charge in [-0.05, 0) is 27.7 Å². The molecule has 0 saturated heterocycles. The van der Waals surface area contributed by atoms with Gasteiger partial charge in [-0.3, -0.25) is 14.9 Å². The van der Waals surface area contributed by atoms with E-state index in [1.165, 1.54) is 0 Å². The lowest BCUT2D eigenvalue weighted by Crippen LogP contribution is -2.39. The van der Waals surface area contributed by atoms with Crippen molar-refractivity contribution in [2.45, 2.75) is 39.8 Å². The molecule has 15 heavy (non-hydrogen) atoms. The van der Waals surface area contributed by atoms with E-state index in [0.717, 1.165) is 0 Å². The van der Waals surface area contributed by atoms with Gasteiger partial charge in [0.15, 0.2) is 0 Å². The third kappa shape index (κ3) is 6.90. The summed E-state index contributed by atoms with van der Waals surface area (Å²) in [5.74, 6) is -0.740. The van der Waals surface area contributed by atoms with Crippen LogP contribution in [0.2, 0.25) is 0 Å². The van der Waals surface area contributed by atoms with Gasteiger partial charge in [0.1, 0.15) is 6.04 Å². The molecule has 0 aliphatic heterocycles. The van der Waals surface area contributed by atoms with E-state index in [-0.39, 0.29) is 24.6 Å². The summed E-state index contributed by atoms with van der Waals surface area (Å²) in [5.41, 5.74) is 0. The van der Waals surface area contributed by atoms with E-state index in [1.54, 1.807) is 27.7 Å². The lowest BCUT2D eigenvalue weighted by Gasteiger charge is -2.13. The first-order chi connectivity index (χ1) is 6.97. The maximum Gasteiger partial charge on any atom is 0.322 e. The Hall–Kier alpha value is -1.10. The minimum atomic E-state index is -0.496. The molecular weight excluding hydrogens is 198 g/mol. The van der Waals surface area contributed by atoms with Gasteiger partial charge < -0.3 is 9.47 Å². The third-order valence-corrected chi connectivity index (χ3v) is 1.56. The first-order valence-electron chi connectivity index (χ1n) is 5.06. The van der Waals surface area contributed by atoms with Crippen LogP contribution in [0.3, 0.4) is 0 Å². The molecule has 1 atom stereocenters. The second kappa shape index (κ2) is 7.23. The molecule has 1 N–H and O–H groups in total. The molecule has 0 radical (unpaired) electrons. The molecule has 0 amide bonds. The standard InChI is InChI=1S/C10H19NO4/c1-5-14-10(13)8(4)11-6-9(12)15-7(2)3/h7-8,11H,5-6H2,1-4H3. The molecule has 0 saturated carbocycles. The molecule has 0 aromatic carbocycles. The summed E-state index contributed by atoms with van der Waals surface area (Å²) < 4.78 is 9.65. The van der Waals surface area contributed by atoms with Crippen LogP contribution < -0.4 is 5.32 Å². The van der Waals surface area contributed by atoms with Gasteiger partial charge in [-0.1, -0.05) is 0 Å². The van der Waals surface area contributed by atoms with Crippen LogP contribution in [0, 0.1) is 0 Å². The lowest BCUT2D eigenvalue weighted by molar-refractivity contribution is -0.148. The van der Waals surface area contributed by atoms with Crippen LogP contribution in [0.1, 0.15) is 27.7 Å². The van der Waals surface area contributed by atoms with Gasteiger partial charge in [0.25, 0.3) is 0 Å². The van der Waals surface area contributed by atoms with Crippen LogP contribution >= 0.6 is 0 Å². The highest BCUT2D eigenvalue weighted by molar-refractivity contribution is 5.77. The molecule has 0 heterocycles. The highest BCUT2D eigenvalue weighted by atomic mass is 16.5. The Morgan fingerprint density at radius 1 is 1.27 bits per heavy atom. The van der Waals surface area contributed by atoms with E-state index in [2.05, 4.69) is 5.32 Å². The predicted octanol–water partition coefficient (Wildman–Crippen LogP) is 0.479. The quantitative estimate of drug-likeness (QED) is 0.655. The Kier molecular flexibility index (Phi) is 6.70. The zero-order chi connectivity index (χ0) is 11.8.